The van der Waals surface area contributed by atoms with Crippen LogP contribution in [0.4, 0.5) is 5.69 Å². The molecule has 21 heavy (non-hydrogen) atoms. The summed E-state index contributed by atoms with van der Waals surface area (Å²) >= 11 is 1.53. The predicted octanol–water partition coefficient (Wildman–Crippen LogP) is 2.20. The molecule has 7 heteroatoms. The fourth-order valence-corrected chi connectivity index (χ4v) is 4.12. The fourth-order valence-electron chi connectivity index (χ4n) is 3.15. The number of aliphatic imine (C=N–C) groups is 1. The number of nitrogens with two attached hydrogens (primary N) is 1. The number of hydrogen-bond donors (Lipinski definition) is 1. The smallest absolute Gasteiger partial charge is 0.269 e. The topological polar surface area (TPSA) is 90.8 Å². The number of ether oxygens (including phenoxy) is 1. The highest BCUT2D eigenvalue weighted by molar-refractivity contribution is 8.13. The minimum Gasteiger partial charge on any atom is -0.381 e. The maximum atomic E-state index is 11.1. The number of non-ortho nitro benzene ring substituents is 1. The summed E-state index contributed by atoms with van der Waals surface area (Å²) in [5, 5.41) is 11.6. The van der Waals surface area contributed by atoms with E-state index in [-0.39, 0.29) is 16.5 Å². The number of amidine groups is 1. The van der Waals surface area contributed by atoms with E-state index in [2.05, 4.69) is 0 Å². The van der Waals surface area contributed by atoms with Crippen LogP contribution in [0.1, 0.15) is 17.5 Å². The van der Waals surface area contributed by atoms with Crippen molar-refractivity contribution in [2.24, 2.45) is 16.6 Å². The van der Waals surface area contributed by atoms with Gasteiger partial charge in [0.15, 0.2) is 5.17 Å². The quantitative estimate of drug-likeness (QED) is 0.668. The van der Waals surface area contributed by atoms with Gasteiger partial charge in [0.05, 0.1) is 17.1 Å². The number of hydrogen-bond acceptors (Lipinski definition) is 6. The van der Waals surface area contributed by atoms with E-state index in [0.717, 1.165) is 16.9 Å². The highest BCUT2D eigenvalue weighted by atomic mass is 32.2. The number of thioether (sulfide) groups is 1. The number of rotatable bonds is 2. The fraction of sp³-hybridized carbons (Fsp3) is 0.500. The molecule has 2 N–H and O–H groups in total. The molecule has 2 aliphatic rings. The summed E-state index contributed by atoms with van der Waals surface area (Å²) in [4.78, 5) is 15.4. The molecule has 0 aliphatic carbocycles. The standard InChI is InChI=1S/C14H17N3O3S/c1-9-2-3-11(17(18)19)6-12(9)14-4-5-20-7-10(14)8-21-13(15)16-14/h2-3,6,10H,4-5,7-8H2,1H3,(H2,15,16)/t10-,14-/m0/s1. The average molecular weight is 307 g/mol. The maximum absolute atomic E-state index is 11.1. The molecular formula is C14H17N3O3S. The summed E-state index contributed by atoms with van der Waals surface area (Å²) in [6, 6.07) is 4.98. The van der Waals surface area contributed by atoms with Gasteiger partial charge in [0.1, 0.15) is 0 Å². The molecule has 2 heterocycles. The molecule has 0 aromatic heterocycles. The molecule has 112 valence electrons. The molecule has 0 spiro atoms. The van der Waals surface area contributed by atoms with Gasteiger partial charge in [-0.3, -0.25) is 15.1 Å². The molecule has 3 rings (SSSR count). The molecule has 1 aromatic rings. The Balaban J connectivity index is 2.17. The third-order valence-corrected chi connectivity index (χ3v) is 5.22. The largest absolute Gasteiger partial charge is 0.381 e. The first-order chi connectivity index (χ1) is 10.0. The second kappa shape index (κ2) is 5.31. The van der Waals surface area contributed by atoms with Crippen molar-refractivity contribution in [3.8, 4) is 0 Å². The summed E-state index contributed by atoms with van der Waals surface area (Å²) in [5.74, 6) is 1.03. The van der Waals surface area contributed by atoms with Crippen LogP contribution in [0.2, 0.25) is 0 Å². The van der Waals surface area contributed by atoms with Crippen LogP contribution in [-0.4, -0.2) is 29.1 Å². The van der Waals surface area contributed by atoms with Gasteiger partial charge >= 0.3 is 0 Å². The molecule has 2 aliphatic heterocycles. The molecule has 1 fully saturated rings. The van der Waals surface area contributed by atoms with Crippen molar-refractivity contribution in [1.82, 2.24) is 0 Å². The van der Waals surface area contributed by atoms with Crippen LogP contribution in [-0.2, 0) is 10.3 Å². The second-order valence-corrected chi connectivity index (χ2v) is 6.50. The van der Waals surface area contributed by atoms with E-state index in [1.165, 1.54) is 17.8 Å². The van der Waals surface area contributed by atoms with Gasteiger partial charge in [-0.25, -0.2) is 0 Å². The Morgan fingerprint density at radius 1 is 1.57 bits per heavy atom. The lowest BCUT2D eigenvalue weighted by Crippen LogP contribution is -2.47. The minimum absolute atomic E-state index is 0.0993. The highest BCUT2D eigenvalue weighted by Crippen LogP contribution is 2.46. The zero-order chi connectivity index (χ0) is 15.0. The molecule has 0 unspecified atom stereocenters. The molecule has 0 saturated carbocycles. The molecule has 1 aromatic carbocycles. The van der Waals surface area contributed by atoms with E-state index in [1.807, 2.05) is 6.92 Å². The monoisotopic (exact) mass is 307 g/mol. The van der Waals surface area contributed by atoms with Crippen molar-refractivity contribution in [2.45, 2.75) is 18.9 Å². The van der Waals surface area contributed by atoms with Crippen LogP contribution in [0.5, 0.6) is 0 Å². The summed E-state index contributed by atoms with van der Waals surface area (Å²) < 4.78 is 5.58. The van der Waals surface area contributed by atoms with Crippen molar-refractivity contribution in [2.75, 3.05) is 19.0 Å². The summed E-state index contributed by atoms with van der Waals surface area (Å²) in [5.41, 5.74) is 7.49. The lowest BCUT2D eigenvalue weighted by Gasteiger charge is -2.44. The highest BCUT2D eigenvalue weighted by Gasteiger charge is 2.46. The van der Waals surface area contributed by atoms with Crippen molar-refractivity contribution < 1.29 is 9.66 Å². The van der Waals surface area contributed by atoms with Gasteiger partial charge in [0, 0.05) is 36.8 Å². The van der Waals surface area contributed by atoms with E-state index in [9.17, 15) is 10.1 Å². The first-order valence-corrected chi connectivity index (χ1v) is 7.83. The molecule has 0 bridgehead atoms. The first-order valence-electron chi connectivity index (χ1n) is 6.84. The van der Waals surface area contributed by atoms with Gasteiger partial charge in [-0.2, -0.15) is 0 Å². The first kappa shape index (κ1) is 14.3. The second-order valence-electron chi connectivity index (χ2n) is 5.46. The van der Waals surface area contributed by atoms with Gasteiger partial charge in [0.2, 0.25) is 0 Å². The minimum atomic E-state index is -0.482. The zero-order valence-electron chi connectivity index (χ0n) is 11.7. The Morgan fingerprint density at radius 2 is 2.38 bits per heavy atom. The molecule has 2 atom stereocenters. The van der Waals surface area contributed by atoms with Crippen LogP contribution >= 0.6 is 11.8 Å². The average Bonchev–Trinajstić information content (AvgIpc) is 2.47. The molecule has 0 radical (unpaired) electrons. The van der Waals surface area contributed by atoms with Gasteiger partial charge < -0.3 is 10.5 Å². The summed E-state index contributed by atoms with van der Waals surface area (Å²) in [7, 11) is 0. The van der Waals surface area contributed by atoms with Crippen molar-refractivity contribution in [1.29, 1.82) is 0 Å². The summed E-state index contributed by atoms with van der Waals surface area (Å²) in [6.07, 6.45) is 0.709. The maximum Gasteiger partial charge on any atom is 0.269 e. The number of benzene rings is 1. The predicted molar refractivity (Wildman–Crippen MR) is 82.5 cm³/mol. The van der Waals surface area contributed by atoms with Crippen LogP contribution in [0, 0.1) is 23.0 Å². The molecule has 1 saturated heterocycles. The summed E-state index contributed by atoms with van der Waals surface area (Å²) in [6.45, 7) is 3.18. The number of nitro benzene ring substituents is 1. The van der Waals surface area contributed by atoms with E-state index in [4.69, 9.17) is 15.5 Å². The zero-order valence-corrected chi connectivity index (χ0v) is 12.6. The van der Waals surface area contributed by atoms with E-state index in [0.29, 0.717) is 24.8 Å². The van der Waals surface area contributed by atoms with Crippen LogP contribution in [0.15, 0.2) is 23.2 Å². The Labute approximate surface area is 126 Å². The van der Waals surface area contributed by atoms with Crippen molar-refractivity contribution in [3.63, 3.8) is 0 Å². The van der Waals surface area contributed by atoms with Crippen molar-refractivity contribution in [3.05, 3.63) is 39.4 Å². The van der Waals surface area contributed by atoms with Gasteiger partial charge in [-0.05, 0) is 18.1 Å². The number of nitrogens with zero attached hydrogens (tertiary/aromatic N) is 2. The Kier molecular flexibility index (Phi) is 3.62. The van der Waals surface area contributed by atoms with Crippen LogP contribution < -0.4 is 5.73 Å². The lowest BCUT2D eigenvalue weighted by atomic mass is 9.74. The Bertz CT molecular complexity index is 619. The molecule has 6 nitrogen and oxygen atoms in total. The van der Waals surface area contributed by atoms with E-state index in [1.54, 1.807) is 12.1 Å². The molecule has 0 amide bonds. The Hall–Kier alpha value is -1.60. The number of fused-ring (bicyclic) bond motifs is 1. The Morgan fingerprint density at radius 3 is 3.14 bits per heavy atom. The van der Waals surface area contributed by atoms with Gasteiger partial charge in [-0.15, -0.1) is 0 Å². The number of aryl methyl sites for hydroxylation is 1. The third kappa shape index (κ3) is 2.40. The number of nitro groups is 1. The van der Waals surface area contributed by atoms with Gasteiger partial charge in [-0.1, -0.05) is 17.8 Å². The van der Waals surface area contributed by atoms with Crippen LogP contribution in [0.3, 0.4) is 0 Å². The van der Waals surface area contributed by atoms with Crippen LogP contribution in [0.25, 0.3) is 0 Å². The molecular weight excluding hydrogens is 290 g/mol. The normalized spacial score (nSPS) is 28.6. The third-order valence-electron chi connectivity index (χ3n) is 4.26. The SMILES string of the molecule is Cc1ccc([N+](=O)[O-])cc1[C@]12CCOC[C@H]1CSC(N)=N2. The van der Waals surface area contributed by atoms with E-state index < -0.39 is 5.54 Å². The van der Waals surface area contributed by atoms with Crippen molar-refractivity contribution >= 4 is 22.6 Å². The van der Waals surface area contributed by atoms with E-state index >= 15 is 0 Å². The lowest BCUT2D eigenvalue weighted by molar-refractivity contribution is -0.385. The van der Waals surface area contributed by atoms with Gasteiger partial charge in [0.25, 0.3) is 5.69 Å².